The molecule has 0 aliphatic carbocycles. The van der Waals surface area contributed by atoms with Crippen molar-refractivity contribution in [3.8, 4) is 11.1 Å². The molecule has 0 atom stereocenters. The summed E-state index contributed by atoms with van der Waals surface area (Å²) < 4.78 is 70.6. The molecule has 5 nitrogen and oxygen atoms in total. The number of nitrogen functional groups attached to an aromatic ring is 1. The lowest BCUT2D eigenvalue weighted by molar-refractivity contribution is 0.381. The fraction of sp³-hybridized carbons (Fsp3) is 0.353. The van der Waals surface area contributed by atoms with E-state index in [1.807, 2.05) is 6.92 Å². The quantitative estimate of drug-likeness (QED) is 0.281. The van der Waals surface area contributed by atoms with Crippen molar-refractivity contribution in [1.29, 1.82) is 0 Å². The van der Waals surface area contributed by atoms with Crippen LogP contribution in [0.5, 0.6) is 0 Å². The number of hydrogen-bond donors (Lipinski definition) is 1. The number of aryl methyl sites for hydroxylation is 2. The lowest BCUT2D eigenvalue weighted by Crippen LogP contribution is -2.12. The first-order chi connectivity index (χ1) is 13.3. The number of unbranched alkanes of at least 4 members (excludes halogenated alkanes) is 1. The van der Waals surface area contributed by atoms with Gasteiger partial charge in [0.05, 0.1) is 16.8 Å². The molecule has 11 heteroatoms. The maximum atomic E-state index is 14.4. The summed E-state index contributed by atoms with van der Waals surface area (Å²) >= 11 is 5.72. The number of rotatable bonds is 6. The molecule has 0 radical (unpaired) electrons. The zero-order valence-electron chi connectivity index (χ0n) is 14.7. The van der Waals surface area contributed by atoms with Gasteiger partial charge in [-0.1, -0.05) is 13.3 Å². The Morgan fingerprint density at radius 2 is 1.50 bits per heavy atom. The molecule has 2 aromatic heterocycles. The topological polar surface area (TPSA) is 69.1 Å². The van der Waals surface area contributed by atoms with Crippen LogP contribution >= 0.6 is 11.6 Å². The van der Waals surface area contributed by atoms with Crippen LogP contribution in [0.15, 0.2) is 0 Å². The minimum Gasteiger partial charge on any atom is -0.383 e. The summed E-state index contributed by atoms with van der Waals surface area (Å²) in [7, 11) is 0. The second kappa shape index (κ2) is 7.86. The number of anilines is 1. The van der Waals surface area contributed by atoms with Crippen molar-refractivity contribution in [3.63, 3.8) is 0 Å². The fourth-order valence-corrected chi connectivity index (χ4v) is 3.00. The van der Waals surface area contributed by atoms with E-state index in [1.54, 1.807) is 0 Å². The third kappa shape index (κ3) is 3.25. The van der Waals surface area contributed by atoms with Crippen molar-refractivity contribution in [2.24, 2.45) is 0 Å². The van der Waals surface area contributed by atoms with Crippen LogP contribution in [-0.2, 0) is 12.8 Å². The van der Waals surface area contributed by atoms with Crippen LogP contribution in [-0.4, -0.2) is 25.5 Å². The Labute approximate surface area is 161 Å². The van der Waals surface area contributed by atoms with E-state index in [1.165, 1.54) is 0 Å². The van der Waals surface area contributed by atoms with E-state index in [9.17, 15) is 22.0 Å². The maximum absolute atomic E-state index is 14.4. The molecule has 0 saturated carbocycles. The Bertz CT molecular complexity index is 1020. The highest BCUT2D eigenvalue weighted by Crippen LogP contribution is 2.37. The summed E-state index contributed by atoms with van der Waals surface area (Å²) in [5.74, 6) is -10.3. The first-order valence-electron chi connectivity index (χ1n) is 8.43. The monoisotopic (exact) mass is 419 g/mol. The highest BCUT2D eigenvalue weighted by molar-refractivity contribution is 6.18. The van der Waals surface area contributed by atoms with Crippen LogP contribution in [0.1, 0.15) is 31.3 Å². The molecule has 1 aromatic carbocycles. The average Bonchev–Trinajstić information content (AvgIpc) is 3.09. The van der Waals surface area contributed by atoms with E-state index in [-0.39, 0.29) is 29.6 Å². The number of nitrogens with zero attached hydrogens (tertiary/aromatic N) is 4. The van der Waals surface area contributed by atoms with Gasteiger partial charge in [-0.25, -0.2) is 26.9 Å². The van der Waals surface area contributed by atoms with Gasteiger partial charge in [-0.15, -0.1) is 16.7 Å². The van der Waals surface area contributed by atoms with Crippen molar-refractivity contribution < 1.29 is 22.0 Å². The molecule has 0 aliphatic heterocycles. The SMILES string of the molecule is CCCCc1nc2nc(CCCl)c(-c3c(F)c(F)c(F)c(F)c3F)c(N)n2n1. The van der Waals surface area contributed by atoms with E-state index in [0.29, 0.717) is 12.2 Å². The normalized spacial score (nSPS) is 11.5. The lowest BCUT2D eigenvalue weighted by Gasteiger charge is -2.14. The Morgan fingerprint density at radius 3 is 2.07 bits per heavy atom. The van der Waals surface area contributed by atoms with Gasteiger partial charge < -0.3 is 5.73 Å². The third-order valence-corrected chi connectivity index (χ3v) is 4.38. The summed E-state index contributed by atoms with van der Waals surface area (Å²) in [6.45, 7) is 1.97. The summed E-state index contributed by atoms with van der Waals surface area (Å²) in [6, 6.07) is 0. The molecule has 2 N–H and O–H groups in total. The largest absolute Gasteiger partial charge is 0.383 e. The average molecular weight is 420 g/mol. The predicted molar refractivity (Wildman–Crippen MR) is 93.5 cm³/mol. The summed E-state index contributed by atoms with van der Waals surface area (Å²) in [5, 5.41) is 4.14. The number of hydrogen-bond acceptors (Lipinski definition) is 4. The van der Waals surface area contributed by atoms with E-state index >= 15 is 0 Å². The molecule has 3 aromatic rings. The third-order valence-electron chi connectivity index (χ3n) is 4.19. The minimum atomic E-state index is -2.26. The van der Waals surface area contributed by atoms with Crippen molar-refractivity contribution in [2.45, 2.75) is 32.6 Å². The number of alkyl halides is 1. The summed E-state index contributed by atoms with van der Waals surface area (Å²) in [6.07, 6.45) is 2.15. The number of aromatic nitrogens is 4. The van der Waals surface area contributed by atoms with Crippen LogP contribution in [0.3, 0.4) is 0 Å². The Kier molecular flexibility index (Phi) is 5.69. The highest BCUT2D eigenvalue weighted by atomic mass is 35.5. The molecule has 0 unspecified atom stereocenters. The molecule has 0 fully saturated rings. The zero-order chi connectivity index (χ0) is 20.6. The van der Waals surface area contributed by atoms with Gasteiger partial charge in [-0.3, -0.25) is 0 Å². The van der Waals surface area contributed by atoms with Crippen LogP contribution < -0.4 is 5.73 Å². The van der Waals surface area contributed by atoms with Gasteiger partial charge in [0.1, 0.15) is 5.82 Å². The maximum Gasteiger partial charge on any atom is 0.254 e. The minimum absolute atomic E-state index is 0.0260. The summed E-state index contributed by atoms with van der Waals surface area (Å²) in [5.41, 5.74) is 4.34. The van der Waals surface area contributed by atoms with Gasteiger partial charge in [0, 0.05) is 18.7 Å². The molecule has 0 spiro atoms. The number of halogens is 6. The van der Waals surface area contributed by atoms with Gasteiger partial charge in [-0.05, 0) is 6.42 Å². The van der Waals surface area contributed by atoms with Gasteiger partial charge in [0.2, 0.25) is 5.82 Å². The Morgan fingerprint density at radius 1 is 0.893 bits per heavy atom. The first-order valence-corrected chi connectivity index (χ1v) is 8.96. The van der Waals surface area contributed by atoms with Gasteiger partial charge in [0.15, 0.2) is 29.1 Å². The van der Waals surface area contributed by atoms with Crippen LogP contribution in [0.25, 0.3) is 16.9 Å². The molecule has 0 saturated heterocycles. The van der Waals surface area contributed by atoms with Crippen molar-refractivity contribution in [1.82, 2.24) is 19.6 Å². The van der Waals surface area contributed by atoms with Gasteiger partial charge in [-0.2, -0.15) is 9.50 Å². The van der Waals surface area contributed by atoms with E-state index in [0.717, 1.165) is 17.4 Å². The highest BCUT2D eigenvalue weighted by Gasteiger charge is 2.30. The predicted octanol–water partition coefficient (Wildman–Crippen LogP) is 4.19. The number of fused-ring (bicyclic) bond motifs is 1. The standard InChI is InChI=1S/C17H15ClF5N5/c1-2-3-4-8-26-17-25-7(5-6-18)9(16(24)28(17)27-8)10-11(19)13(21)15(23)14(22)12(10)20/h2-6,24H2,1H3. The molecular formula is C17H15ClF5N5. The molecule has 0 bridgehead atoms. The fourth-order valence-electron chi connectivity index (χ4n) is 2.82. The molecule has 0 amide bonds. The van der Waals surface area contributed by atoms with Crippen molar-refractivity contribution >= 4 is 23.2 Å². The Hall–Kier alpha value is -2.49. The zero-order valence-corrected chi connectivity index (χ0v) is 15.4. The van der Waals surface area contributed by atoms with Crippen LogP contribution in [0.2, 0.25) is 0 Å². The first kappa shape index (κ1) is 20.2. The molecule has 3 rings (SSSR count). The van der Waals surface area contributed by atoms with Crippen molar-refractivity contribution in [2.75, 3.05) is 11.6 Å². The van der Waals surface area contributed by atoms with Gasteiger partial charge in [0.25, 0.3) is 5.78 Å². The van der Waals surface area contributed by atoms with E-state index in [2.05, 4.69) is 15.1 Å². The smallest absolute Gasteiger partial charge is 0.254 e. The molecular weight excluding hydrogens is 405 g/mol. The number of benzene rings is 1. The second-order valence-electron chi connectivity index (χ2n) is 6.05. The molecule has 28 heavy (non-hydrogen) atoms. The molecule has 2 heterocycles. The second-order valence-corrected chi connectivity index (χ2v) is 6.42. The van der Waals surface area contributed by atoms with Gasteiger partial charge >= 0.3 is 0 Å². The van der Waals surface area contributed by atoms with E-state index < -0.39 is 40.2 Å². The lowest BCUT2D eigenvalue weighted by atomic mass is 10.0. The van der Waals surface area contributed by atoms with Crippen LogP contribution in [0, 0.1) is 29.1 Å². The summed E-state index contributed by atoms with van der Waals surface area (Å²) in [4.78, 5) is 8.35. The van der Waals surface area contributed by atoms with E-state index in [4.69, 9.17) is 17.3 Å². The molecule has 150 valence electrons. The van der Waals surface area contributed by atoms with Crippen molar-refractivity contribution in [3.05, 3.63) is 40.6 Å². The number of nitrogens with two attached hydrogens (primary N) is 1. The van der Waals surface area contributed by atoms with Crippen LogP contribution in [0.4, 0.5) is 27.8 Å². The molecule has 0 aliphatic rings. The Balaban J connectivity index is 2.34.